The molecule has 43 heavy (non-hydrogen) atoms. The number of anilines is 4. The number of unbranched alkanes of at least 4 members (excludes halogenated alkanes) is 3. The molecule has 4 aromatic rings. The summed E-state index contributed by atoms with van der Waals surface area (Å²) >= 11 is 0. The lowest BCUT2D eigenvalue weighted by atomic mass is 9.87. The van der Waals surface area contributed by atoms with Crippen LogP contribution in [-0.4, -0.2) is 49.3 Å². The van der Waals surface area contributed by atoms with Gasteiger partial charge in [-0.25, -0.2) is 9.02 Å². The predicted molar refractivity (Wildman–Crippen MR) is 163 cm³/mol. The van der Waals surface area contributed by atoms with Gasteiger partial charge in [-0.05, 0) is 78.5 Å². The van der Waals surface area contributed by atoms with Gasteiger partial charge < -0.3 is 21.3 Å². The Hall–Kier alpha value is -4.62. The van der Waals surface area contributed by atoms with Gasteiger partial charge in [0, 0.05) is 31.7 Å². The Kier molecular flexibility index (Phi) is 10.1. The van der Waals surface area contributed by atoms with Crippen LogP contribution in [0, 0.1) is 21.8 Å². The van der Waals surface area contributed by atoms with Gasteiger partial charge in [0.2, 0.25) is 23.4 Å². The number of nitrogens with zero attached hydrogens (tertiary/aromatic N) is 6. The van der Waals surface area contributed by atoms with Crippen molar-refractivity contribution in [3.63, 3.8) is 0 Å². The summed E-state index contributed by atoms with van der Waals surface area (Å²) in [5.41, 5.74) is 1.82. The lowest BCUT2D eigenvalue weighted by molar-refractivity contribution is -0.383. The maximum atomic E-state index is 13.6. The first kappa shape index (κ1) is 29.9. The molecule has 0 saturated heterocycles. The van der Waals surface area contributed by atoms with Gasteiger partial charge in [-0.2, -0.15) is 15.0 Å². The third-order valence-electron chi connectivity index (χ3n) is 7.62. The SMILES string of the molecule is CC1CCC(Nc2nc(NCCCCCCNc3ccc([N+](=O)[O-])c4nonc34)nc(NCc3cccc(F)c3)n2)CC1. The summed E-state index contributed by atoms with van der Waals surface area (Å²) in [5.74, 6) is 1.93. The monoisotopic (exact) mass is 592 g/mol. The summed E-state index contributed by atoms with van der Waals surface area (Å²) in [6.45, 7) is 4.08. The van der Waals surface area contributed by atoms with Crippen molar-refractivity contribution in [2.24, 2.45) is 5.92 Å². The van der Waals surface area contributed by atoms with Gasteiger partial charge in [-0.3, -0.25) is 10.1 Å². The van der Waals surface area contributed by atoms with E-state index < -0.39 is 4.92 Å². The average molecular weight is 593 g/mol. The van der Waals surface area contributed by atoms with Crippen LogP contribution in [-0.2, 0) is 6.54 Å². The molecule has 0 spiro atoms. The standard InChI is InChI=1S/C29H37FN10O3/c1-19-9-11-22(12-10-19)34-29-36-27(35-28(37-29)33-18-20-7-6-8-21(30)17-20)32-16-5-3-2-4-15-31-23-13-14-24(40(41)42)26-25(23)38-43-39-26/h6-8,13-14,17,19,22,31H,2-5,9-12,15-16,18H2,1H3,(H3,32,33,34,35,36,37). The van der Waals surface area contributed by atoms with Crippen molar-refractivity contribution in [3.05, 3.63) is 57.9 Å². The van der Waals surface area contributed by atoms with Crippen LogP contribution in [0.25, 0.3) is 11.0 Å². The van der Waals surface area contributed by atoms with E-state index in [9.17, 15) is 14.5 Å². The minimum atomic E-state index is -0.500. The number of nitro benzene ring substituents is 1. The van der Waals surface area contributed by atoms with Gasteiger partial charge >= 0.3 is 5.69 Å². The fourth-order valence-corrected chi connectivity index (χ4v) is 5.18. The van der Waals surface area contributed by atoms with Crippen molar-refractivity contribution in [2.75, 3.05) is 34.4 Å². The Labute approximate surface area is 248 Å². The van der Waals surface area contributed by atoms with Crippen molar-refractivity contribution >= 4 is 40.3 Å². The van der Waals surface area contributed by atoms with E-state index in [1.807, 2.05) is 6.07 Å². The quantitative estimate of drug-likeness (QED) is 0.0707. The van der Waals surface area contributed by atoms with Crippen LogP contribution in [0.3, 0.4) is 0 Å². The molecule has 0 amide bonds. The van der Waals surface area contributed by atoms with Gasteiger partial charge in [0.05, 0.1) is 10.6 Å². The summed E-state index contributed by atoms with van der Waals surface area (Å²) in [6, 6.07) is 9.81. The maximum absolute atomic E-state index is 13.6. The highest BCUT2D eigenvalue weighted by atomic mass is 19.1. The van der Waals surface area contributed by atoms with Crippen LogP contribution in [0.5, 0.6) is 0 Å². The number of nitrogens with one attached hydrogen (secondary N) is 4. The van der Waals surface area contributed by atoms with E-state index in [-0.39, 0.29) is 17.0 Å². The number of fused-ring (bicyclic) bond motifs is 1. The number of benzene rings is 2. The number of non-ortho nitro benzene ring substituents is 1. The van der Waals surface area contributed by atoms with Gasteiger partial charge in [0.15, 0.2) is 5.52 Å². The van der Waals surface area contributed by atoms with Crippen LogP contribution in [0.4, 0.5) is 33.6 Å². The minimum absolute atomic E-state index is 0.131. The fourth-order valence-electron chi connectivity index (χ4n) is 5.18. The van der Waals surface area contributed by atoms with E-state index in [1.54, 1.807) is 12.1 Å². The van der Waals surface area contributed by atoms with Crippen molar-refractivity contribution in [1.29, 1.82) is 0 Å². The zero-order chi connectivity index (χ0) is 30.0. The molecule has 4 N–H and O–H groups in total. The van der Waals surface area contributed by atoms with Crippen molar-refractivity contribution < 1.29 is 13.9 Å². The number of halogens is 1. The third-order valence-corrected chi connectivity index (χ3v) is 7.62. The lowest BCUT2D eigenvalue weighted by Crippen LogP contribution is -2.26. The molecule has 1 aliphatic carbocycles. The Morgan fingerprint density at radius 3 is 2.33 bits per heavy atom. The van der Waals surface area contributed by atoms with E-state index in [2.05, 4.69) is 53.5 Å². The molecule has 2 heterocycles. The molecular weight excluding hydrogens is 555 g/mol. The Balaban J connectivity index is 1.09. The number of rotatable bonds is 15. The van der Waals surface area contributed by atoms with E-state index in [0.717, 1.165) is 50.0 Å². The third kappa shape index (κ3) is 8.46. The molecule has 1 saturated carbocycles. The van der Waals surface area contributed by atoms with Crippen molar-refractivity contribution in [3.8, 4) is 0 Å². The van der Waals surface area contributed by atoms with Crippen LogP contribution in [0.15, 0.2) is 41.0 Å². The van der Waals surface area contributed by atoms with Gasteiger partial charge in [-0.15, -0.1) is 0 Å². The smallest absolute Gasteiger partial charge is 0.300 e. The summed E-state index contributed by atoms with van der Waals surface area (Å²) in [7, 11) is 0. The van der Waals surface area contributed by atoms with Crippen molar-refractivity contribution in [2.45, 2.75) is 70.9 Å². The van der Waals surface area contributed by atoms with Crippen LogP contribution < -0.4 is 21.3 Å². The highest BCUT2D eigenvalue weighted by Crippen LogP contribution is 2.29. The predicted octanol–water partition coefficient (Wildman–Crippen LogP) is 6.14. The van der Waals surface area contributed by atoms with E-state index in [1.165, 1.54) is 31.0 Å². The largest absolute Gasteiger partial charge is 0.383 e. The zero-order valence-corrected chi connectivity index (χ0v) is 24.2. The summed E-state index contributed by atoms with van der Waals surface area (Å²) < 4.78 is 18.3. The molecule has 0 bridgehead atoms. The van der Waals surface area contributed by atoms with E-state index in [0.29, 0.717) is 54.7 Å². The molecule has 0 radical (unpaired) electrons. The number of hydrogen-bond acceptors (Lipinski definition) is 12. The first-order valence-electron chi connectivity index (χ1n) is 14.8. The summed E-state index contributed by atoms with van der Waals surface area (Å²) in [5, 5.41) is 31.9. The first-order chi connectivity index (χ1) is 20.9. The van der Waals surface area contributed by atoms with E-state index in [4.69, 9.17) is 4.63 Å². The molecule has 2 aromatic heterocycles. The fraction of sp³-hybridized carbons (Fsp3) is 0.483. The second-order valence-corrected chi connectivity index (χ2v) is 11.0. The van der Waals surface area contributed by atoms with E-state index >= 15 is 0 Å². The molecule has 228 valence electrons. The molecule has 2 aromatic carbocycles. The zero-order valence-electron chi connectivity index (χ0n) is 24.2. The van der Waals surface area contributed by atoms with Crippen LogP contribution in [0.1, 0.15) is 63.9 Å². The molecule has 5 rings (SSSR count). The molecular formula is C29H37FN10O3. The number of hydrogen-bond donors (Lipinski definition) is 4. The Morgan fingerprint density at radius 1 is 0.884 bits per heavy atom. The topological polar surface area (TPSA) is 169 Å². The molecule has 14 heteroatoms. The number of nitro groups is 1. The normalized spacial score (nSPS) is 16.6. The van der Waals surface area contributed by atoms with Crippen LogP contribution >= 0.6 is 0 Å². The maximum Gasteiger partial charge on any atom is 0.300 e. The highest BCUT2D eigenvalue weighted by Gasteiger charge is 2.20. The van der Waals surface area contributed by atoms with Gasteiger partial charge in [0.25, 0.3) is 0 Å². The Morgan fingerprint density at radius 2 is 1.58 bits per heavy atom. The van der Waals surface area contributed by atoms with Crippen LogP contribution in [0.2, 0.25) is 0 Å². The molecule has 1 fully saturated rings. The number of aromatic nitrogens is 5. The average Bonchev–Trinajstić information content (AvgIpc) is 3.49. The molecule has 0 atom stereocenters. The minimum Gasteiger partial charge on any atom is -0.383 e. The molecule has 0 unspecified atom stereocenters. The molecule has 13 nitrogen and oxygen atoms in total. The summed E-state index contributed by atoms with van der Waals surface area (Å²) in [4.78, 5) is 24.4. The molecule has 0 aliphatic heterocycles. The lowest BCUT2D eigenvalue weighted by Gasteiger charge is -2.27. The Bertz CT molecular complexity index is 1510. The highest BCUT2D eigenvalue weighted by molar-refractivity contribution is 5.93. The van der Waals surface area contributed by atoms with Crippen molar-refractivity contribution in [1.82, 2.24) is 25.3 Å². The second kappa shape index (κ2) is 14.5. The summed E-state index contributed by atoms with van der Waals surface area (Å²) in [6.07, 6.45) is 8.37. The van der Waals surface area contributed by atoms with Gasteiger partial charge in [0.1, 0.15) is 5.82 Å². The molecule has 1 aliphatic rings. The second-order valence-electron chi connectivity index (χ2n) is 11.0. The first-order valence-corrected chi connectivity index (χ1v) is 14.8. The van der Waals surface area contributed by atoms with Gasteiger partial charge in [-0.1, -0.05) is 31.9 Å².